The van der Waals surface area contributed by atoms with E-state index in [0.717, 1.165) is 33.7 Å². The standard InChI is InChI=1S/C22H26ClF3IN3O3/c1-12-9-16(27)18(32-4)10-17(12)29-7-5-15(6-8-29)19(33-14(3)31)11-30-13(2)20(23)21(28-30)22(24,25)26/h9-10,15,19H,5-8,11H2,1-4H3. The second-order valence-electron chi connectivity index (χ2n) is 8.17. The highest BCUT2D eigenvalue weighted by Crippen LogP contribution is 2.37. The quantitative estimate of drug-likeness (QED) is 0.318. The summed E-state index contributed by atoms with van der Waals surface area (Å²) in [6.07, 6.45) is -3.83. The number of hydrogen-bond donors (Lipinski definition) is 0. The van der Waals surface area contributed by atoms with Gasteiger partial charge in [-0.05, 0) is 60.9 Å². The maximum absolute atomic E-state index is 13.2. The van der Waals surface area contributed by atoms with Gasteiger partial charge < -0.3 is 14.4 Å². The van der Waals surface area contributed by atoms with E-state index < -0.39 is 29.0 Å². The molecule has 1 aliphatic heterocycles. The average molecular weight is 600 g/mol. The van der Waals surface area contributed by atoms with E-state index in [2.05, 4.69) is 38.7 Å². The Labute approximate surface area is 209 Å². The summed E-state index contributed by atoms with van der Waals surface area (Å²) in [5.74, 6) is 0.308. The number of alkyl halides is 3. The molecule has 0 radical (unpaired) electrons. The normalized spacial score (nSPS) is 16.1. The number of nitrogens with zero attached hydrogens (tertiary/aromatic N) is 3. The Bertz CT molecular complexity index is 1020. The van der Waals surface area contributed by atoms with Crippen molar-refractivity contribution in [2.24, 2.45) is 5.92 Å². The molecule has 0 amide bonds. The van der Waals surface area contributed by atoms with Crippen LogP contribution in [0, 0.1) is 23.3 Å². The highest BCUT2D eigenvalue weighted by molar-refractivity contribution is 14.1. The molecule has 0 N–H and O–H groups in total. The van der Waals surface area contributed by atoms with Crippen molar-refractivity contribution in [3.63, 3.8) is 0 Å². The van der Waals surface area contributed by atoms with Crippen molar-refractivity contribution in [2.75, 3.05) is 25.1 Å². The maximum atomic E-state index is 13.2. The highest BCUT2D eigenvalue weighted by Gasteiger charge is 2.39. The summed E-state index contributed by atoms with van der Waals surface area (Å²) in [7, 11) is 1.64. The van der Waals surface area contributed by atoms with Crippen LogP contribution >= 0.6 is 34.2 Å². The summed E-state index contributed by atoms with van der Waals surface area (Å²) in [4.78, 5) is 14.0. The molecule has 1 unspecified atom stereocenters. The minimum atomic E-state index is -4.65. The van der Waals surface area contributed by atoms with Gasteiger partial charge in [0.05, 0.1) is 27.9 Å². The molecule has 182 valence electrons. The second-order valence-corrected chi connectivity index (χ2v) is 9.71. The number of esters is 1. The number of halogens is 5. The largest absolute Gasteiger partial charge is 0.496 e. The summed E-state index contributed by atoms with van der Waals surface area (Å²) in [6, 6.07) is 4.10. The zero-order chi connectivity index (χ0) is 24.5. The van der Waals surface area contributed by atoms with Gasteiger partial charge in [-0.2, -0.15) is 18.3 Å². The van der Waals surface area contributed by atoms with E-state index in [1.165, 1.54) is 18.5 Å². The van der Waals surface area contributed by atoms with Gasteiger partial charge in [-0.1, -0.05) is 11.6 Å². The number of carbonyl (C=O) groups is 1. The van der Waals surface area contributed by atoms with Crippen molar-refractivity contribution in [1.82, 2.24) is 9.78 Å². The van der Waals surface area contributed by atoms with Crippen LogP contribution in [0.1, 0.15) is 36.7 Å². The predicted octanol–water partition coefficient (Wildman–Crippen LogP) is 5.63. The maximum Gasteiger partial charge on any atom is 0.436 e. The summed E-state index contributed by atoms with van der Waals surface area (Å²) >= 11 is 8.12. The Kier molecular flexibility index (Phi) is 8.08. The van der Waals surface area contributed by atoms with Gasteiger partial charge in [-0.15, -0.1) is 0 Å². The number of aromatic nitrogens is 2. The third-order valence-electron chi connectivity index (χ3n) is 5.95. The fourth-order valence-corrected chi connectivity index (χ4v) is 5.29. The predicted molar refractivity (Wildman–Crippen MR) is 128 cm³/mol. The van der Waals surface area contributed by atoms with Crippen molar-refractivity contribution in [3.05, 3.63) is 37.7 Å². The molecular weight excluding hydrogens is 574 g/mol. The number of rotatable bonds is 6. The van der Waals surface area contributed by atoms with Gasteiger partial charge in [0.1, 0.15) is 11.9 Å². The number of anilines is 1. The SMILES string of the molecule is COc1cc(N2CCC(C(Cn3nc(C(F)(F)F)c(Cl)c3C)OC(C)=O)CC2)c(C)cc1I. The highest BCUT2D eigenvalue weighted by atomic mass is 127. The van der Waals surface area contributed by atoms with Crippen LogP contribution in [-0.4, -0.2) is 42.1 Å². The van der Waals surface area contributed by atoms with Crippen LogP contribution in [0.5, 0.6) is 5.75 Å². The lowest BCUT2D eigenvalue weighted by atomic mass is 9.90. The molecule has 1 aromatic carbocycles. The lowest BCUT2D eigenvalue weighted by Gasteiger charge is -2.37. The van der Waals surface area contributed by atoms with Crippen molar-refractivity contribution >= 4 is 45.8 Å². The summed E-state index contributed by atoms with van der Waals surface area (Å²) in [6.45, 7) is 6.28. The number of aryl methyl sites for hydroxylation is 1. The Morgan fingerprint density at radius 3 is 2.45 bits per heavy atom. The molecule has 0 bridgehead atoms. The number of methoxy groups -OCH3 is 1. The minimum absolute atomic E-state index is 0.0161. The average Bonchev–Trinajstić information content (AvgIpc) is 3.02. The summed E-state index contributed by atoms with van der Waals surface area (Å²) in [5.41, 5.74) is 1.29. The molecule has 2 aromatic rings. The number of benzene rings is 1. The molecule has 11 heteroatoms. The lowest BCUT2D eigenvalue weighted by molar-refractivity contribution is -0.151. The first kappa shape index (κ1) is 25.9. The van der Waals surface area contributed by atoms with Crippen molar-refractivity contribution in [1.29, 1.82) is 0 Å². The molecule has 1 saturated heterocycles. The Hall–Kier alpha value is -1.69. The fraction of sp³-hybridized carbons (Fsp3) is 0.545. The second kappa shape index (κ2) is 10.3. The van der Waals surface area contributed by atoms with Gasteiger partial charge in [0, 0.05) is 37.7 Å². The van der Waals surface area contributed by atoms with Crippen molar-refractivity contribution in [2.45, 2.75) is 52.4 Å². The van der Waals surface area contributed by atoms with Crippen LogP contribution in [-0.2, 0) is 22.3 Å². The van der Waals surface area contributed by atoms with E-state index in [0.29, 0.717) is 12.8 Å². The minimum Gasteiger partial charge on any atom is -0.496 e. The van der Waals surface area contributed by atoms with Crippen LogP contribution in [0.4, 0.5) is 18.9 Å². The molecule has 0 aliphatic carbocycles. The molecule has 3 rings (SSSR count). The van der Waals surface area contributed by atoms with Crippen LogP contribution in [0.25, 0.3) is 0 Å². The number of piperidine rings is 1. The summed E-state index contributed by atoms with van der Waals surface area (Å²) in [5, 5.41) is 3.24. The first-order chi connectivity index (χ1) is 15.4. The zero-order valence-electron chi connectivity index (χ0n) is 18.8. The first-order valence-electron chi connectivity index (χ1n) is 10.5. The lowest BCUT2D eigenvalue weighted by Crippen LogP contribution is -2.41. The fourth-order valence-electron chi connectivity index (χ4n) is 4.20. The molecule has 1 fully saturated rings. The van der Waals surface area contributed by atoms with Crippen LogP contribution < -0.4 is 9.64 Å². The van der Waals surface area contributed by atoms with E-state index in [1.54, 1.807) is 7.11 Å². The third kappa shape index (κ3) is 5.87. The van der Waals surface area contributed by atoms with E-state index in [9.17, 15) is 18.0 Å². The van der Waals surface area contributed by atoms with E-state index >= 15 is 0 Å². The van der Waals surface area contributed by atoms with Gasteiger partial charge in [0.25, 0.3) is 0 Å². The van der Waals surface area contributed by atoms with Crippen LogP contribution in [0.3, 0.4) is 0 Å². The van der Waals surface area contributed by atoms with Crippen molar-refractivity contribution in [3.8, 4) is 5.75 Å². The smallest absolute Gasteiger partial charge is 0.436 e. The van der Waals surface area contributed by atoms with Crippen LogP contribution in [0.15, 0.2) is 12.1 Å². The number of ether oxygens (including phenoxy) is 2. The third-order valence-corrected chi connectivity index (χ3v) is 7.24. The monoisotopic (exact) mass is 599 g/mol. The Morgan fingerprint density at radius 2 is 1.94 bits per heavy atom. The molecule has 0 saturated carbocycles. The van der Waals surface area contributed by atoms with Crippen molar-refractivity contribution < 1.29 is 27.4 Å². The molecule has 1 aliphatic rings. The number of carbonyl (C=O) groups excluding carboxylic acids is 1. The van der Waals surface area contributed by atoms with Gasteiger partial charge in [0.15, 0.2) is 5.69 Å². The van der Waals surface area contributed by atoms with Gasteiger partial charge in [-0.25, -0.2) is 0 Å². The topological polar surface area (TPSA) is 56.6 Å². The molecular formula is C22H26ClF3IN3O3. The molecule has 1 aromatic heterocycles. The molecule has 0 spiro atoms. The van der Waals surface area contributed by atoms with Gasteiger partial charge >= 0.3 is 12.1 Å². The number of hydrogen-bond acceptors (Lipinski definition) is 5. The van der Waals surface area contributed by atoms with E-state index in [-0.39, 0.29) is 18.2 Å². The Morgan fingerprint density at radius 1 is 1.30 bits per heavy atom. The molecule has 1 atom stereocenters. The first-order valence-corrected chi connectivity index (χ1v) is 11.9. The summed E-state index contributed by atoms with van der Waals surface area (Å²) < 4.78 is 52.8. The molecule has 33 heavy (non-hydrogen) atoms. The zero-order valence-corrected chi connectivity index (χ0v) is 21.7. The van der Waals surface area contributed by atoms with Gasteiger partial charge in [-0.3, -0.25) is 9.48 Å². The van der Waals surface area contributed by atoms with Gasteiger partial charge in [0.2, 0.25) is 0 Å². The Balaban J connectivity index is 1.77. The van der Waals surface area contributed by atoms with E-state index in [4.69, 9.17) is 21.1 Å². The molecule has 2 heterocycles. The molecule has 6 nitrogen and oxygen atoms in total. The van der Waals surface area contributed by atoms with E-state index in [1.807, 2.05) is 13.0 Å². The van der Waals surface area contributed by atoms with Crippen LogP contribution in [0.2, 0.25) is 5.02 Å².